The Balaban J connectivity index is 1.51. The van der Waals surface area contributed by atoms with Crippen LogP contribution in [0.3, 0.4) is 0 Å². The maximum atomic E-state index is 11.6. The van der Waals surface area contributed by atoms with Crippen molar-refractivity contribution in [1.29, 1.82) is 0 Å². The van der Waals surface area contributed by atoms with Crippen molar-refractivity contribution in [1.82, 2.24) is 14.8 Å². The van der Waals surface area contributed by atoms with Crippen LogP contribution >= 0.6 is 0 Å². The van der Waals surface area contributed by atoms with Gasteiger partial charge in [-0.15, -0.1) is 0 Å². The van der Waals surface area contributed by atoms with Gasteiger partial charge in [0.2, 0.25) is 5.91 Å². The van der Waals surface area contributed by atoms with Gasteiger partial charge in [-0.3, -0.25) is 9.78 Å². The van der Waals surface area contributed by atoms with Crippen molar-refractivity contribution in [2.75, 3.05) is 32.7 Å². The summed E-state index contributed by atoms with van der Waals surface area (Å²) in [5.74, 6) is 0.657. The summed E-state index contributed by atoms with van der Waals surface area (Å²) in [6, 6.07) is 4.30. The first-order valence-corrected chi connectivity index (χ1v) is 9.58. The highest BCUT2D eigenvalue weighted by atomic mass is 16.3. The number of aliphatic hydroxyl groups is 1. The number of aromatic nitrogens is 1. The number of nitrogens with zero attached hydrogens (tertiary/aromatic N) is 3. The van der Waals surface area contributed by atoms with E-state index in [9.17, 15) is 9.90 Å². The lowest BCUT2D eigenvalue weighted by Gasteiger charge is -2.37. The molecule has 1 N–H and O–H groups in total. The smallest absolute Gasteiger partial charge is 0.219 e. The minimum Gasteiger partial charge on any atom is -0.388 e. The van der Waals surface area contributed by atoms with Crippen LogP contribution < -0.4 is 0 Å². The molecule has 3 rings (SSSR count). The molecule has 1 amide bonds. The van der Waals surface area contributed by atoms with Gasteiger partial charge in [0.1, 0.15) is 0 Å². The Labute approximate surface area is 151 Å². The number of rotatable bonds is 3. The minimum absolute atomic E-state index is 0.121. The summed E-state index contributed by atoms with van der Waals surface area (Å²) in [5.41, 5.74) is 1.76. The zero-order chi connectivity index (χ0) is 17.9. The zero-order valence-corrected chi connectivity index (χ0v) is 15.6. The maximum absolute atomic E-state index is 11.6. The molecule has 0 bridgehead atoms. The van der Waals surface area contributed by atoms with Crippen LogP contribution in [0.15, 0.2) is 18.3 Å². The molecule has 0 aromatic carbocycles. The summed E-state index contributed by atoms with van der Waals surface area (Å²) in [6.45, 7) is 7.90. The number of likely N-dealkylation sites (tertiary alicyclic amines) is 2. The van der Waals surface area contributed by atoms with E-state index in [1.807, 2.05) is 11.1 Å². The fourth-order valence-corrected chi connectivity index (χ4v) is 4.18. The molecule has 3 heterocycles. The van der Waals surface area contributed by atoms with E-state index in [0.717, 1.165) is 51.9 Å². The molecule has 5 nitrogen and oxygen atoms in total. The number of β-amino-alcohol motifs (C(OH)–C–C–N with tert-alkyl or cyclic N) is 1. The highest BCUT2D eigenvalue weighted by Gasteiger charge is 2.34. The molecule has 5 heteroatoms. The molecule has 2 fully saturated rings. The molecule has 1 atom stereocenters. The number of amides is 1. The SMILES string of the molecule is CC(=O)N1CCCC(O)(CN2CCC(c3ccc(C)cn3)CC2)CC1. The number of hydrogen-bond acceptors (Lipinski definition) is 4. The summed E-state index contributed by atoms with van der Waals surface area (Å²) in [6.07, 6.45) is 6.52. The molecule has 1 unspecified atom stereocenters. The first kappa shape index (κ1) is 18.3. The van der Waals surface area contributed by atoms with Crippen LogP contribution in [0.4, 0.5) is 0 Å². The van der Waals surface area contributed by atoms with Crippen molar-refractivity contribution in [3.63, 3.8) is 0 Å². The lowest BCUT2D eigenvalue weighted by Crippen LogP contribution is -2.46. The molecule has 0 spiro atoms. The van der Waals surface area contributed by atoms with E-state index in [-0.39, 0.29) is 5.91 Å². The lowest BCUT2D eigenvalue weighted by atomic mass is 9.90. The number of pyridine rings is 1. The van der Waals surface area contributed by atoms with Crippen molar-refractivity contribution in [2.45, 2.75) is 57.5 Å². The quantitative estimate of drug-likeness (QED) is 0.913. The molecule has 2 saturated heterocycles. The molecule has 1 aromatic heterocycles. The van der Waals surface area contributed by atoms with Crippen molar-refractivity contribution < 1.29 is 9.90 Å². The molecule has 2 aliphatic heterocycles. The second-order valence-electron chi connectivity index (χ2n) is 7.89. The topological polar surface area (TPSA) is 56.7 Å². The summed E-state index contributed by atoms with van der Waals surface area (Å²) < 4.78 is 0. The second-order valence-corrected chi connectivity index (χ2v) is 7.89. The highest BCUT2D eigenvalue weighted by Crippen LogP contribution is 2.30. The number of hydrogen-bond donors (Lipinski definition) is 1. The zero-order valence-electron chi connectivity index (χ0n) is 15.6. The third kappa shape index (κ3) is 4.79. The molecular weight excluding hydrogens is 314 g/mol. The van der Waals surface area contributed by atoms with Crippen LogP contribution in [0, 0.1) is 6.92 Å². The van der Waals surface area contributed by atoms with E-state index in [1.165, 1.54) is 11.3 Å². The molecule has 0 radical (unpaired) electrons. The van der Waals surface area contributed by atoms with E-state index < -0.39 is 5.60 Å². The summed E-state index contributed by atoms with van der Waals surface area (Å²) >= 11 is 0. The molecule has 1 aromatic rings. The number of carbonyl (C=O) groups is 1. The van der Waals surface area contributed by atoms with Crippen LogP contribution in [0.1, 0.15) is 56.2 Å². The predicted molar refractivity (Wildman–Crippen MR) is 98.4 cm³/mol. The van der Waals surface area contributed by atoms with Gasteiger partial charge in [0.15, 0.2) is 0 Å². The third-order valence-corrected chi connectivity index (χ3v) is 5.82. The van der Waals surface area contributed by atoms with Gasteiger partial charge in [0.05, 0.1) is 5.60 Å². The Kier molecular flexibility index (Phi) is 5.74. The predicted octanol–water partition coefficient (Wildman–Crippen LogP) is 2.33. The lowest BCUT2D eigenvalue weighted by molar-refractivity contribution is -0.129. The molecule has 0 saturated carbocycles. The van der Waals surface area contributed by atoms with E-state index >= 15 is 0 Å². The van der Waals surface area contributed by atoms with Crippen molar-refractivity contribution in [3.05, 3.63) is 29.6 Å². The van der Waals surface area contributed by atoms with Crippen molar-refractivity contribution in [2.24, 2.45) is 0 Å². The van der Waals surface area contributed by atoms with Crippen LogP contribution in [-0.4, -0.2) is 64.1 Å². The van der Waals surface area contributed by atoms with Crippen molar-refractivity contribution >= 4 is 5.91 Å². The molecular formula is C20H31N3O2. The van der Waals surface area contributed by atoms with Gasteiger partial charge in [-0.25, -0.2) is 0 Å². The average molecular weight is 345 g/mol. The van der Waals surface area contributed by atoms with Crippen LogP contribution in [0.25, 0.3) is 0 Å². The summed E-state index contributed by atoms with van der Waals surface area (Å²) in [7, 11) is 0. The number of aryl methyl sites for hydroxylation is 1. The Hall–Kier alpha value is -1.46. The molecule has 25 heavy (non-hydrogen) atoms. The molecule has 2 aliphatic rings. The Morgan fingerprint density at radius 2 is 2.00 bits per heavy atom. The van der Waals surface area contributed by atoms with Gasteiger partial charge < -0.3 is 14.9 Å². The average Bonchev–Trinajstić information content (AvgIpc) is 2.78. The molecule has 138 valence electrons. The van der Waals surface area contributed by atoms with Crippen LogP contribution in [0.2, 0.25) is 0 Å². The fraction of sp³-hybridized carbons (Fsp3) is 0.700. The van der Waals surface area contributed by atoms with Gasteiger partial charge in [-0.05, 0) is 63.7 Å². The Morgan fingerprint density at radius 1 is 1.24 bits per heavy atom. The van der Waals surface area contributed by atoms with E-state index in [0.29, 0.717) is 18.9 Å². The van der Waals surface area contributed by atoms with Gasteiger partial charge >= 0.3 is 0 Å². The van der Waals surface area contributed by atoms with Gasteiger partial charge in [0.25, 0.3) is 0 Å². The number of piperidine rings is 1. The fourth-order valence-electron chi connectivity index (χ4n) is 4.18. The van der Waals surface area contributed by atoms with Crippen LogP contribution in [0.5, 0.6) is 0 Å². The van der Waals surface area contributed by atoms with Crippen LogP contribution in [-0.2, 0) is 4.79 Å². The number of carbonyl (C=O) groups excluding carboxylic acids is 1. The second kappa shape index (κ2) is 7.83. The van der Waals surface area contributed by atoms with Crippen molar-refractivity contribution in [3.8, 4) is 0 Å². The summed E-state index contributed by atoms with van der Waals surface area (Å²) in [4.78, 5) is 20.4. The first-order valence-electron chi connectivity index (χ1n) is 9.58. The Morgan fingerprint density at radius 3 is 2.64 bits per heavy atom. The van der Waals surface area contributed by atoms with Gasteiger partial charge in [-0.2, -0.15) is 0 Å². The minimum atomic E-state index is -0.654. The Bertz CT molecular complexity index is 581. The third-order valence-electron chi connectivity index (χ3n) is 5.82. The van der Waals surface area contributed by atoms with Gasteiger partial charge in [-0.1, -0.05) is 6.07 Å². The van der Waals surface area contributed by atoms with E-state index in [2.05, 4.69) is 28.9 Å². The highest BCUT2D eigenvalue weighted by molar-refractivity contribution is 5.73. The van der Waals surface area contributed by atoms with E-state index in [1.54, 1.807) is 6.92 Å². The maximum Gasteiger partial charge on any atom is 0.219 e. The largest absolute Gasteiger partial charge is 0.388 e. The monoisotopic (exact) mass is 345 g/mol. The summed E-state index contributed by atoms with van der Waals surface area (Å²) in [5, 5.41) is 11.0. The first-order chi connectivity index (χ1) is 12.0. The van der Waals surface area contributed by atoms with E-state index in [4.69, 9.17) is 0 Å². The van der Waals surface area contributed by atoms with Gasteiger partial charge in [0, 0.05) is 44.4 Å². The molecule has 0 aliphatic carbocycles. The normalized spacial score (nSPS) is 26.4. The standard InChI is InChI=1S/C20H31N3O2/c1-16-4-5-19(21-14-16)18-6-11-22(12-7-18)15-20(25)8-3-10-23(13-9-20)17(2)24/h4-5,14,18,25H,3,6-13,15H2,1-2H3.